The van der Waals surface area contributed by atoms with Crippen LogP contribution in [-0.2, 0) is 6.54 Å². The summed E-state index contributed by atoms with van der Waals surface area (Å²) in [4.78, 5) is 10.3. The minimum atomic E-state index is -0.416. The van der Waals surface area contributed by atoms with Gasteiger partial charge >= 0.3 is 0 Å². The van der Waals surface area contributed by atoms with Gasteiger partial charge in [-0.1, -0.05) is 6.42 Å². The minimum Gasteiger partial charge on any atom is -0.337 e. The number of nitro benzene ring substituents is 1. The van der Waals surface area contributed by atoms with Crippen LogP contribution in [0.2, 0.25) is 0 Å². The summed E-state index contributed by atoms with van der Waals surface area (Å²) in [5.74, 6) is 0.763. The van der Waals surface area contributed by atoms with Gasteiger partial charge in [-0.3, -0.25) is 10.1 Å². The lowest BCUT2D eigenvalue weighted by Crippen LogP contribution is -2.89. The molecule has 2 aromatic rings. The number of nitro groups is 1. The van der Waals surface area contributed by atoms with Crippen molar-refractivity contribution in [1.29, 1.82) is 0 Å². The molecule has 1 aromatic heterocycles. The van der Waals surface area contributed by atoms with Crippen LogP contribution in [0.5, 0.6) is 0 Å². The summed E-state index contributed by atoms with van der Waals surface area (Å²) in [5, 5.41) is 24.8. The van der Waals surface area contributed by atoms with E-state index in [1.807, 2.05) is 0 Å². The Bertz CT molecular complexity index is 633. The van der Waals surface area contributed by atoms with Crippen LogP contribution < -0.4 is 5.32 Å². The second kappa shape index (κ2) is 6.61. The number of benzene rings is 1. The number of hydrogen-bond donors (Lipinski definition) is 1. The molecular weight excluding hydrogens is 284 g/mol. The van der Waals surface area contributed by atoms with E-state index in [1.165, 1.54) is 44.2 Å². The third-order valence-electron chi connectivity index (χ3n) is 4.12. The number of nitrogens with two attached hydrogens (primary N) is 1. The average Bonchev–Trinajstić information content (AvgIpc) is 3.02. The van der Waals surface area contributed by atoms with E-state index in [9.17, 15) is 10.1 Å². The van der Waals surface area contributed by atoms with Gasteiger partial charge in [0.25, 0.3) is 5.69 Å². The second-order valence-electron chi connectivity index (χ2n) is 5.62. The normalized spacial score (nSPS) is 15.8. The first-order chi connectivity index (χ1) is 10.7. The number of aromatic nitrogens is 4. The van der Waals surface area contributed by atoms with E-state index in [-0.39, 0.29) is 5.69 Å². The summed E-state index contributed by atoms with van der Waals surface area (Å²) < 4.78 is 1.64. The van der Waals surface area contributed by atoms with Crippen molar-refractivity contribution in [2.75, 3.05) is 0 Å². The number of nitrogens with zero attached hydrogens (tertiary/aromatic N) is 5. The van der Waals surface area contributed by atoms with Crippen LogP contribution in [0.1, 0.15) is 37.9 Å². The lowest BCUT2D eigenvalue weighted by molar-refractivity contribution is -0.707. The van der Waals surface area contributed by atoms with Crippen molar-refractivity contribution in [3.8, 4) is 5.69 Å². The summed E-state index contributed by atoms with van der Waals surface area (Å²) in [6.07, 6.45) is 6.44. The molecule has 0 spiro atoms. The predicted octanol–water partition coefficient (Wildman–Crippen LogP) is 0.967. The zero-order valence-electron chi connectivity index (χ0n) is 12.3. The van der Waals surface area contributed by atoms with Crippen LogP contribution in [0, 0.1) is 10.1 Å². The van der Waals surface area contributed by atoms with E-state index in [2.05, 4.69) is 20.8 Å². The molecule has 1 aliphatic carbocycles. The molecule has 116 valence electrons. The Hall–Kier alpha value is -2.35. The first-order valence-electron chi connectivity index (χ1n) is 7.59. The SMILES string of the molecule is O=[N+]([O-])c1ccc(-n2nnnc2C[NH2+]C2CCCCC2)cc1. The number of quaternary nitrogens is 1. The van der Waals surface area contributed by atoms with E-state index in [1.54, 1.807) is 16.8 Å². The van der Waals surface area contributed by atoms with Crippen molar-refractivity contribution in [3.05, 3.63) is 40.2 Å². The summed E-state index contributed by atoms with van der Waals surface area (Å²) >= 11 is 0. The van der Waals surface area contributed by atoms with E-state index in [0.29, 0.717) is 12.6 Å². The van der Waals surface area contributed by atoms with Gasteiger partial charge in [-0.15, -0.1) is 5.10 Å². The van der Waals surface area contributed by atoms with Gasteiger partial charge in [-0.2, -0.15) is 4.68 Å². The van der Waals surface area contributed by atoms with Gasteiger partial charge < -0.3 is 5.32 Å². The Labute approximate surface area is 127 Å². The summed E-state index contributed by atoms with van der Waals surface area (Å²) in [6, 6.07) is 6.91. The van der Waals surface area contributed by atoms with Crippen LogP contribution in [-0.4, -0.2) is 31.2 Å². The molecule has 8 nitrogen and oxygen atoms in total. The van der Waals surface area contributed by atoms with Crippen LogP contribution in [0.25, 0.3) is 5.69 Å². The maximum atomic E-state index is 10.7. The first kappa shape index (κ1) is 14.6. The highest BCUT2D eigenvalue weighted by Crippen LogP contribution is 2.16. The largest absolute Gasteiger partial charge is 0.337 e. The molecule has 1 fully saturated rings. The minimum absolute atomic E-state index is 0.0622. The standard InChI is InChI=1S/C14H18N6O2/c21-20(22)13-8-6-12(7-9-13)19-14(16-17-18-19)10-15-11-4-2-1-3-5-11/h6-9,11,15H,1-5,10H2/p+1. The van der Waals surface area contributed by atoms with Gasteiger partial charge in [0, 0.05) is 12.1 Å². The maximum Gasteiger partial charge on any atom is 0.269 e. The average molecular weight is 303 g/mol. The zero-order chi connectivity index (χ0) is 15.4. The first-order valence-corrected chi connectivity index (χ1v) is 7.59. The molecule has 1 aliphatic rings. The molecule has 0 saturated heterocycles. The van der Waals surface area contributed by atoms with Crippen molar-refractivity contribution in [3.63, 3.8) is 0 Å². The highest BCUT2D eigenvalue weighted by atomic mass is 16.6. The molecule has 0 amide bonds. The Morgan fingerprint density at radius 2 is 1.95 bits per heavy atom. The van der Waals surface area contributed by atoms with Crippen LogP contribution >= 0.6 is 0 Å². The van der Waals surface area contributed by atoms with E-state index in [4.69, 9.17) is 0 Å². The molecule has 0 unspecified atom stereocenters. The molecule has 1 heterocycles. The van der Waals surface area contributed by atoms with Gasteiger partial charge in [0.1, 0.15) is 6.54 Å². The van der Waals surface area contributed by atoms with Gasteiger partial charge in [0.05, 0.1) is 16.7 Å². The summed E-state index contributed by atoms with van der Waals surface area (Å²) in [6.45, 7) is 0.717. The zero-order valence-corrected chi connectivity index (χ0v) is 12.3. The second-order valence-corrected chi connectivity index (χ2v) is 5.62. The number of rotatable bonds is 5. The molecular formula is C14H19N6O2+. The highest BCUT2D eigenvalue weighted by molar-refractivity contribution is 5.40. The molecule has 22 heavy (non-hydrogen) atoms. The third kappa shape index (κ3) is 3.28. The molecule has 0 radical (unpaired) electrons. The third-order valence-corrected chi connectivity index (χ3v) is 4.12. The topological polar surface area (TPSA) is 103 Å². The molecule has 8 heteroatoms. The number of tetrazole rings is 1. The van der Waals surface area contributed by atoms with Gasteiger partial charge in [-0.25, -0.2) is 0 Å². The molecule has 1 saturated carbocycles. The Morgan fingerprint density at radius 3 is 2.64 bits per heavy atom. The van der Waals surface area contributed by atoms with Crippen molar-refractivity contribution >= 4 is 5.69 Å². The van der Waals surface area contributed by atoms with E-state index >= 15 is 0 Å². The van der Waals surface area contributed by atoms with Crippen molar-refractivity contribution in [2.45, 2.75) is 44.7 Å². The fourth-order valence-electron chi connectivity index (χ4n) is 2.89. The van der Waals surface area contributed by atoms with E-state index < -0.39 is 4.92 Å². The van der Waals surface area contributed by atoms with Crippen molar-refractivity contribution < 1.29 is 10.2 Å². The van der Waals surface area contributed by atoms with Gasteiger partial charge in [0.2, 0.25) is 5.82 Å². The maximum absolute atomic E-state index is 10.7. The highest BCUT2D eigenvalue weighted by Gasteiger charge is 2.18. The predicted molar refractivity (Wildman–Crippen MR) is 78.3 cm³/mol. The lowest BCUT2D eigenvalue weighted by atomic mass is 9.95. The van der Waals surface area contributed by atoms with E-state index in [0.717, 1.165) is 11.5 Å². The van der Waals surface area contributed by atoms with Crippen molar-refractivity contribution in [1.82, 2.24) is 20.2 Å². The van der Waals surface area contributed by atoms with Gasteiger partial charge in [0.15, 0.2) is 0 Å². The molecule has 2 N–H and O–H groups in total. The number of hydrogen-bond acceptors (Lipinski definition) is 5. The summed E-state index contributed by atoms with van der Waals surface area (Å²) in [7, 11) is 0. The molecule has 0 aliphatic heterocycles. The molecule has 0 bridgehead atoms. The van der Waals surface area contributed by atoms with Crippen molar-refractivity contribution in [2.24, 2.45) is 0 Å². The number of non-ortho nitro benzene ring substituents is 1. The van der Waals surface area contributed by atoms with Gasteiger partial charge in [-0.05, 0) is 48.2 Å². The molecule has 0 atom stereocenters. The lowest BCUT2D eigenvalue weighted by Gasteiger charge is -2.19. The Morgan fingerprint density at radius 1 is 1.23 bits per heavy atom. The Kier molecular flexibility index (Phi) is 4.38. The molecule has 3 rings (SSSR count). The van der Waals surface area contributed by atoms with Crippen LogP contribution in [0.3, 0.4) is 0 Å². The summed E-state index contributed by atoms with van der Waals surface area (Å²) in [5.41, 5.74) is 0.801. The fraction of sp³-hybridized carbons (Fsp3) is 0.500. The Balaban J connectivity index is 1.69. The quantitative estimate of drug-likeness (QED) is 0.654. The molecule has 1 aromatic carbocycles. The monoisotopic (exact) mass is 303 g/mol. The smallest absolute Gasteiger partial charge is 0.269 e. The van der Waals surface area contributed by atoms with Crippen LogP contribution in [0.4, 0.5) is 5.69 Å². The van der Waals surface area contributed by atoms with Crippen LogP contribution in [0.15, 0.2) is 24.3 Å². The fourth-order valence-corrected chi connectivity index (χ4v) is 2.89.